The molecule has 2 heterocycles. The molecular weight excluding hydrogens is 424 g/mol. The Morgan fingerprint density at radius 1 is 0.906 bits per heavy atom. The monoisotopic (exact) mass is 444 g/mol. The highest BCUT2D eigenvalue weighted by atomic mass is 32.2. The van der Waals surface area contributed by atoms with Gasteiger partial charge in [-0.2, -0.15) is 0 Å². The maximum absolute atomic E-state index is 13.7. The summed E-state index contributed by atoms with van der Waals surface area (Å²) in [5.41, 5.74) is 1.22. The van der Waals surface area contributed by atoms with Gasteiger partial charge in [0, 0.05) is 28.7 Å². The van der Waals surface area contributed by atoms with Gasteiger partial charge in [0.2, 0.25) is 0 Å². The fourth-order valence-electron chi connectivity index (χ4n) is 3.99. The molecule has 5 aromatic rings. The highest BCUT2D eigenvalue weighted by molar-refractivity contribution is 7.90. The van der Waals surface area contributed by atoms with Crippen LogP contribution in [0, 0.1) is 0 Å². The van der Waals surface area contributed by atoms with Gasteiger partial charge in [0.15, 0.2) is 0 Å². The normalized spacial score (nSPS) is 12.8. The van der Waals surface area contributed by atoms with Crippen LogP contribution in [0.25, 0.3) is 21.7 Å². The van der Waals surface area contributed by atoms with Crippen molar-refractivity contribution in [1.29, 1.82) is 0 Å². The molecule has 0 aliphatic carbocycles. The number of hydrogen-bond donors (Lipinski definition) is 1. The Labute approximate surface area is 185 Å². The summed E-state index contributed by atoms with van der Waals surface area (Å²) in [4.78, 5) is 4.39. The van der Waals surface area contributed by atoms with Crippen LogP contribution in [0.1, 0.15) is 17.4 Å². The summed E-state index contributed by atoms with van der Waals surface area (Å²) < 4.78 is 33.9. The number of methoxy groups -OCH3 is 1. The topological polar surface area (TPSA) is 81.4 Å². The average molecular weight is 445 g/mol. The molecule has 0 radical (unpaired) electrons. The highest BCUT2D eigenvalue weighted by Crippen LogP contribution is 2.35. The Kier molecular flexibility index (Phi) is 4.92. The Balaban J connectivity index is 1.80. The van der Waals surface area contributed by atoms with E-state index >= 15 is 0 Å². The zero-order valence-electron chi connectivity index (χ0n) is 17.2. The average Bonchev–Trinajstić information content (AvgIpc) is 3.23. The fourth-order valence-corrected chi connectivity index (χ4v) is 5.56. The molecule has 2 aromatic heterocycles. The summed E-state index contributed by atoms with van der Waals surface area (Å²) in [7, 11) is -2.43. The lowest BCUT2D eigenvalue weighted by molar-refractivity contribution is 0.216. The molecule has 1 N–H and O–H groups in total. The van der Waals surface area contributed by atoms with E-state index in [9.17, 15) is 13.5 Å². The van der Waals surface area contributed by atoms with Crippen LogP contribution >= 0.6 is 0 Å². The number of benzene rings is 3. The molecule has 5 rings (SSSR count). The van der Waals surface area contributed by atoms with Gasteiger partial charge in [0.05, 0.1) is 23.2 Å². The molecule has 3 aromatic carbocycles. The van der Waals surface area contributed by atoms with E-state index in [1.54, 1.807) is 74.1 Å². The van der Waals surface area contributed by atoms with Gasteiger partial charge in [-0.05, 0) is 41.8 Å². The Hall–Kier alpha value is -3.68. The van der Waals surface area contributed by atoms with Gasteiger partial charge in [-0.25, -0.2) is 12.4 Å². The lowest BCUT2D eigenvalue weighted by Crippen LogP contribution is -2.18. The molecule has 6 nitrogen and oxygen atoms in total. The van der Waals surface area contributed by atoms with Crippen LogP contribution in [0.4, 0.5) is 0 Å². The van der Waals surface area contributed by atoms with Crippen molar-refractivity contribution in [2.75, 3.05) is 7.11 Å². The molecule has 0 aliphatic rings. The minimum Gasteiger partial charge on any atom is -0.497 e. The molecule has 160 valence electrons. The minimum atomic E-state index is -3.98. The van der Waals surface area contributed by atoms with Gasteiger partial charge in [-0.3, -0.25) is 4.98 Å². The highest BCUT2D eigenvalue weighted by Gasteiger charge is 2.28. The number of aliphatic hydroxyl groups is 1. The third-order valence-corrected chi connectivity index (χ3v) is 7.30. The van der Waals surface area contributed by atoms with Gasteiger partial charge in [-0.15, -0.1) is 0 Å². The maximum atomic E-state index is 13.7. The van der Waals surface area contributed by atoms with E-state index in [2.05, 4.69) is 4.98 Å². The summed E-state index contributed by atoms with van der Waals surface area (Å²) in [6.45, 7) is 0. The lowest BCUT2D eigenvalue weighted by atomic mass is 10.0. The van der Waals surface area contributed by atoms with Gasteiger partial charge in [0.25, 0.3) is 10.0 Å². The van der Waals surface area contributed by atoms with Crippen LogP contribution in [0.15, 0.2) is 96.2 Å². The van der Waals surface area contributed by atoms with Gasteiger partial charge in [-0.1, -0.05) is 42.5 Å². The molecule has 0 aliphatic heterocycles. The third kappa shape index (κ3) is 3.23. The summed E-state index contributed by atoms with van der Waals surface area (Å²) in [6, 6.07) is 22.6. The van der Waals surface area contributed by atoms with E-state index in [1.807, 2.05) is 24.3 Å². The third-order valence-electron chi connectivity index (χ3n) is 5.55. The predicted octanol–water partition coefficient (Wildman–Crippen LogP) is 4.52. The maximum Gasteiger partial charge on any atom is 0.268 e. The van der Waals surface area contributed by atoms with Gasteiger partial charge < -0.3 is 9.84 Å². The number of aliphatic hydroxyl groups excluding tert-OH is 1. The van der Waals surface area contributed by atoms with E-state index < -0.39 is 16.1 Å². The Morgan fingerprint density at radius 3 is 2.44 bits per heavy atom. The second-order valence-electron chi connectivity index (χ2n) is 7.43. The van der Waals surface area contributed by atoms with E-state index in [4.69, 9.17) is 4.74 Å². The molecule has 0 spiro atoms. The molecule has 0 fully saturated rings. The Morgan fingerprint density at radius 2 is 1.66 bits per heavy atom. The number of ether oxygens (including phenoxy) is 1. The number of nitrogens with zero attached hydrogens (tertiary/aromatic N) is 2. The van der Waals surface area contributed by atoms with Crippen molar-refractivity contribution in [3.8, 4) is 5.75 Å². The Bertz CT molecular complexity index is 1540. The number of aromatic nitrogens is 2. The van der Waals surface area contributed by atoms with Crippen molar-refractivity contribution in [3.05, 3.63) is 103 Å². The molecule has 1 unspecified atom stereocenters. The van der Waals surface area contributed by atoms with E-state index in [0.717, 1.165) is 10.8 Å². The minimum absolute atomic E-state index is 0.137. The molecule has 0 saturated carbocycles. The lowest BCUT2D eigenvalue weighted by Gasteiger charge is -2.17. The van der Waals surface area contributed by atoms with E-state index in [1.165, 1.54) is 3.97 Å². The summed E-state index contributed by atoms with van der Waals surface area (Å²) >= 11 is 0. The molecule has 0 saturated heterocycles. The quantitative estimate of drug-likeness (QED) is 0.431. The SMILES string of the molecule is COc1ccc2c(c1)cc(C(O)c1cncc3ccccc13)n2S(=O)(=O)c1ccccc1. The second-order valence-corrected chi connectivity index (χ2v) is 9.22. The van der Waals surface area contributed by atoms with Crippen LogP contribution < -0.4 is 4.74 Å². The first-order chi connectivity index (χ1) is 15.5. The number of hydrogen-bond acceptors (Lipinski definition) is 5. The van der Waals surface area contributed by atoms with E-state index in [0.29, 0.717) is 22.2 Å². The van der Waals surface area contributed by atoms with Crippen LogP contribution in [-0.2, 0) is 10.0 Å². The first kappa shape index (κ1) is 20.2. The van der Waals surface area contributed by atoms with Crippen molar-refractivity contribution in [1.82, 2.24) is 8.96 Å². The number of pyridine rings is 1. The standard InChI is InChI=1S/C25H20N2O4S/c1-31-19-11-12-23-18(13-19)14-24(27(23)32(29,30)20-8-3-2-4-9-20)25(28)22-16-26-15-17-7-5-6-10-21(17)22/h2-16,25,28H,1H3. The van der Waals surface area contributed by atoms with E-state index in [-0.39, 0.29) is 10.6 Å². The summed E-state index contributed by atoms with van der Waals surface area (Å²) in [6.07, 6.45) is 2.07. The van der Waals surface area contributed by atoms with Crippen molar-refractivity contribution < 1.29 is 18.3 Å². The zero-order chi connectivity index (χ0) is 22.3. The number of fused-ring (bicyclic) bond motifs is 2. The largest absolute Gasteiger partial charge is 0.497 e. The number of rotatable bonds is 5. The molecule has 7 heteroatoms. The van der Waals surface area contributed by atoms with Gasteiger partial charge >= 0.3 is 0 Å². The van der Waals surface area contributed by atoms with Crippen molar-refractivity contribution >= 4 is 31.7 Å². The molecular formula is C25H20N2O4S. The molecule has 1 atom stereocenters. The van der Waals surface area contributed by atoms with Crippen LogP contribution in [-0.4, -0.2) is 29.6 Å². The second kappa shape index (κ2) is 7.78. The van der Waals surface area contributed by atoms with Crippen LogP contribution in [0.3, 0.4) is 0 Å². The van der Waals surface area contributed by atoms with Crippen molar-refractivity contribution in [2.45, 2.75) is 11.0 Å². The van der Waals surface area contributed by atoms with Crippen LogP contribution in [0.2, 0.25) is 0 Å². The van der Waals surface area contributed by atoms with Crippen molar-refractivity contribution in [2.24, 2.45) is 0 Å². The van der Waals surface area contributed by atoms with Crippen molar-refractivity contribution in [3.63, 3.8) is 0 Å². The first-order valence-corrected chi connectivity index (χ1v) is 11.5. The fraction of sp³-hybridized carbons (Fsp3) is 0.0800. The smallest absolute Gasteiger partial charge is 0.268 e. The molecule has 0 amide bonds. The zero-order valence-corrected chi connectivity index (χ0v) is 18.0. The summed E-state index contributed by atoms with van der Waals surface area (Å²) in [5, 5.41) is 13.8. The first-order valence-electron chi connectivity index (χ1n) is 10.0. The molecule has 32 heavy (non-hydrogen) atoms. The summed E-state index contributed by atoms with van der Waals surface area (Å²) in [5.74, 6) is 0.597. The molecule has 0 bridgehead atoms. The van der Waals surface area contributed by atoms with Crippen LogP contribution in [0.5, 0.6) is 5.75 Å². The van der Waals surface area contributed by atoms with Gasteiger partial charge in [0.1, 0.15) is 11.9 Å². The predicted molar refractivity (Wildman–Crippen MR) is 123 cm³/mol.